The summed E-state index contributed by atoms with van der Waals surface area (Å²) in [6.45, 7) is 2.01. The van der Waals surface area contributed by atoms with E-state index in [0.717, 1.165) is 12.8 Å². The summed E-state index contributed by atoms with van der Waals surface area (Å²) >= 11 is 0. The Morgan fingerprint density at radius 3 is 2.56 bits per heavy atom. The number of hydrogen-bond acceptors (Lipinski definition) is 6. The summed E-state index contributed by atoms with van der Waals surface area (Å²) in [5.74, 6) is 0.510. The predicted octanol–water partition coefficient (Wildman–Crippen LogP) is 1.39. The number of anilines is 2. The molecule has 0 radical (unpaired) electrons. The minimum Gasteiger partial charge on any atom is -0.367 e. The van der Waals surface area contributed by atoms with Crippen LogP contribution < -0.4 is 10.6 Å². The van der Waals surface area contributed by atoms with Crippen LogP contribution in [0.15, 0.2) is 6.33 Å². The van der Waals surface area contributed by atoms with Gasteiger partial charge in [0.1, 0.15) is 6.33 Å². The Morgan fingerprint density at radius 1 is 1.44 bits per heavy atom. The standard InChI is InChI=1S/C9H13N5O2/c1-9(3-4-9)13-8-6(14(15)16)7(10-2)11-5-12-8/h5H,3-4H2,1-2H3,(H2,10,11,12,13). The molecule has 0 unspecified atom stereocenters. The molecule has 16 heavy (non-hydrogen) atoms. The molecule has 0 atom stereocenters. The number of hydrogen-bond donors (Lipinski definition) is 2. The van der Waals surface area contributed by atoms with Crippen molar-refractivity contribution in [3.63, 3.8) is 0 Å². The Balaban J connectivity index is 2.39. The molecule has 1 aromatic rings. The van der Waals surface area contributed by atoms with E-state index < -0.39 is 4.92 Å². The Labute approximate surface area is 92.4 Å². The Bertz CT molecular complexity index is 430. The lowest BCUT2D eigenvalue weighted by molar-refractivity contribution is -0.383. The van der Waals surface area contributed by atoms with Crippen LogP contribution in [0, 0.1) is 10.1 Å². The molecule has 7 heteroatoms. The van der Waals surface area contributed by atoms with Gasteiger partial charge in [-0.15, -0.1) is 0 Å². The van der Waals surface area contributed by atoms with Gasteiger partial charge in [-0.1, -0.05) is 0 Å². The first kappa shape index (κ1) is 10.6. The van der Waals surface area contributed by atoms with Gasteiger partial charge >= 0.3 is 5.69 Å². The van der Waals surface area contributed by atoms with Crippen molar-refractivity contribution in [3.8, 4) is 0 Å². The first-order valence-electron chi connectivity index (χ1n) is 5.01. The smallest absolute Gasteiger partial charge is 0.353 e. The van der Waals surface area contributed by atoms with Gasteiger partial charge in [-0.25, -0.2) is 9.97 Å². The molecule has 1 fully saturated rings. The lowest BCUT2D eigenvalue weighted by Gasteiger charge is -2.12. The van der Waals surface area contributed by atoms with Gasteiger partial charge in [-0.05, 0) is 19.8 Å². The zero-order valence-corrected chi connectivity index (χ0v) is 9.15. The molecule has 1 aliphatic carbocycles. The van der Waals surface area contributed by atoms with Crippen molar-refractivity contribution < 1.29 is 4.92 Å². The second-order valence-corrected chi connectivity index (χ2v) is 4.11. The second-order valence-electron chi connectivity index (χ2n) is 4.11. The molecular formula is C9H13N5O2. The maximum atomic E-state index is 11.0. The predicted molar refractivity (Wildman–Crippen MR) is 59.5 cm³/mol. The fourth-order valence-electron chi connectivity index (χ4n) is 1.42. The van der Waals surface area contributed by atoms with Gasteiger partial charge in [0.15, 0.2) is 0 Å². The van der Waals surface area contributed by atoms with E-state index in [1.54, 1.807) is 7.05 Å². The average Bonchev–Trinajstić information content (AvgIpc) is 2.95. The van der Waals surface area contributed by atoms with Crippen LogP contribution in [0.2, 0.25) is 0 Å². The van der Waals surface area contributed by atoms with Crippen molar-refractivity contribution in [2.75, 3.05) is 17.7 Å². The van der Waals surface area contributed by atoms with Crippen molar-refractivity contribution in [2.24, 2.45) is 0 Å². The number of nitrogens with one attached hydrogen (secondary N) is 2. The number of nitrogens with zero attached hydrogens (tertiary/aromatic N) is 3. The van der Waals surface area contributed by atoms with E-state index in [4.69, 9.17) is 0 Å². The fourth-order valence-corrected chi connectivity index (χ4v) is 1.42. The van der Waals surface area contributed by atoms with Gasteiger partial charge in [-0.3, -0.25) is 10.1 Å². The van der Waals surface area contributed by atoms with Crippen LogP contribution in [0.1, 0.15) is 19.8 Å². The molecule has 7 nitrogen and oxygen atoms in total. The zero-order valence-electron chi connectivity index (χ0n) is 9.15. The fraction of sp³-hybridized carbons (Fsp3) is 0.556. The van der Waals surface area contributed by atoms with Crippen LogP contribution in [-0.2, 0) is 0 Å². The SMILES string of the molecule is CNc1ncnc(NC2(C)CC2)c1[N+](=O)[O-]. The molecule has 1 saturated carbocycles. The van der Waals surface area contributed by atoms with Crippen LogP contribution in [-0.4, -0.2) is 27.5 Å². The molecule has 0 bridgehead atoms. The van der Waals surface area contributed by atoms with Gasteiger partial charge in [0.25, 0.3) is 0 Å². The molecule has 0 aromatic carbocycles. The van der Waals surface area contributed by atoms with E-state index in [9.17, 15) is 10.1 Å². The monoisotopic (exact) mass is 223 g/mol. The molecule has 0 spiro atoms. The highest BCUT2D eigenvalue weighted by Gasteiger charge is 2.39. The van der Waals surface area contributed by atoms with Crippen molar-refractivity contribution >= 4 is 17.3 Å². The minimum atomic E-state index is -0.472. The third kappa shape index (κ3) is 1.88. The minimum absolute atomic E-state index is 0.0515. The summed E-state index contributed by atoms with van der Waals surface area (Å²) in [4.78, 5) is 18.2. The summed E-state index contributed by atoms with van der Waals surface area (Å²) < 4.78 is 0. The summed E-state index contributed by atoms with van der Waals surface area (Å²) in [5.41, 5.74) is -0.150. The van der Waals surface area contributed by atoms with Crippen LogP contribution in [0.4, 0.5) is 17.3 Å². The molecule has 1 aromatic heterocycles. The van der Waals surface area contributed by atoms with E-state index in [0.29, 0.717) is 0 Å². The van der Waals surface area contributed by atoms with Gasteiger partial charge in [0, 0.05) is 12.6 Å². The molecule has 2 N–H and O–H groups in total. The van der Waals surface area contributed by atoms with Crippen molar-refractivity contribution in [2.45, 2.75) is 25.3 Å². The Hall–Kier alpha value is -1.92. The Kier molecular flexibility index (Phi) is 2.37. The highest BCUT2D eigenvalue weighted by atomic mass is 16.6. The van der Waals surface area contributed by atoms with Crippen LogP contribution in [0.3, 0.4) is 0 Å². The van der Waals surface area contributed by atoms with E-state index in [1.165, 1.54) is 6.33 Å². The highest BCUT2D eigenvalue weighted by molar-refractivity contribution is 5.69. The zero-order chi connectivity index (χ0) is 11.8. The molecule has 0 amide bonds. The van der Waals surface area contributed by atoms with Crippen molar-refractivity contribution in [1.29, 1.82) is 0 Å². The van der Waals surface area contributed by atoms with Gasteiger partial charge in [0.05, 0.1) is 4.92 Å². The molecule has 86 valence electrons. The molecule has 0 saturated heterocycles. The van der Waals surface area contributed by atoms with Crippen LogP contribution >= 0.6 is 0 Å². The maximum Gasteiger partial charge on any atom is 0.353 e. The molecule has 1 aliphatic rings. The average molecular weight is 223 g/mol. The van der Waals surface area contributed by atoms with E-state index in [1.807, 2.05) is 6.92 Å². The van der Waals surface area contributed by atoms with Crippen LogP contribution in [0.5, 0.6) is 0 Å². The van der Waals surface area contributed by atoms with Gasteiger partial charge < -0.3 is 10.6 Å². The third-order valence-corrected chi connectivity index (χ3v) is 2.66. The van der Waals surface area contributed by atoms with E-state index in [-0.39, 0.29) is 22.9 Å². The third-order valence-electron chi connectivity index (χ3n) is 2.66. The topological polar surface area (TPSA) is 93.0 Å². The molecule has 0 aliphatic heterocycles. The number of aromatic nitrogens is 2. The van der Waals surface area contributed by atoms with E-state index >= 15 is 0 Å². The summed E-state index contributed by atoms with van der Waals surface area (Å²) in [5, 5.41) is 16.7. The Morgan fingerprint density at radius 2 is 2.06 bits per heavy atom. The first-order valence-corrected chi connectivity index (χ1v) is 5.01. The lowest BCUT2D eigenvalue weighted by atomic mass is 10.3. The number of rotatable bonds is 4. The molecule has 1 heterocycles. The van der Waals surface area contributed by atoms with E-state index in [2.05, 4.69) is 20.6 Å². The molecular weight excluding hydrogens is 210 g/mol. The summed E-state index contributed by atoms with van der Waals surface area (Å²) in [6.07, 6.45) is 3.32. The maximum absolute atomic E-state index is 11.0. The van der Waals surface area contributed by atoms with Crippen molar-refractivity contribution in [3.05, 3.63) is 16.4 Å². The van der Waals surface area contributed by atoms with Gasteiger partial charge in [0.2, 0.25) is 11.6 Å². The second kappa shape index (κ2) is 3.58. The normalized spacial score (nSPS) is 16.6. The summed E-state index contributed by atoms with van der Waals surface area (Å²) in [6, 6.07) is 0. The van der Waals surface area contributed by atoms with Crippen LogP contribution in [0.25, 0.3) is 0 Å². The van der Waals surface area contributed by atoms with Crippen molar-refractivity contribution in [1.82, 2.24) is 9.97 Å². The lowest BCUT2D eigenvalue weighted by Crippen LogP contribution is -2.18. The quantitative estimate of drug-likeness (QED) is 0.591. The largest absolute Gasteiger partial charge is 0.367 e. The first-order chi connectivity index (χ1) is 7.56. The van der Waals surface area contributed by atoms with Gasteiger partial charge in [-0.2, -0.15) is 0 Å². The summed E-state index contributed by atoms with van der Waals surface area (Å²) in [7, 11) is 1.60. The molecule has 2 rings (SSSR count). The highest BCUT2D eigenvalue weighted by Crippen LogP contribution is 2.40. The number of nitro groups is 1.